The van der Waals surface area contributed by atoms with Crippen LogP contribution < -0.4 is 10.1 Å². The number of nitrogens with one attached hydrogen (secondary N) is 1. The molecule has 0 radical (unpaired) electrons. The SMILES string of the molecule is O=C(O)[C@H]1[C@H](C(=O)Nc2ccc(OC(F)F)cc2)[C@H]2C=C[C@H]1CC2. The predicted molar refractivity (Wildman–Crippen MR) is 81.7 cm³/mol. The molecule has 7 heteroatoms. The summed E-state index contributed by atoms with van der Waals surface area (Å²) in [4.78, 5) is 24.1. The first kappa shape index (κ1) is 16.4. The van der Waals surface area contributed by atoms with Gasteiger partial charge in [0.15, 0.2) is 0 Å². The van der Waals surface area contributed by atoms with Gasteiger partial charge < -0.3 is 15.2 Å². The smallest absolute Gasteiger partial charge is 0.387 e. The second-order valence-electron chi connectivity index (χ2n) is 6.07. The summed E-state index contributed by atoms with van der Waals surface area (Å²) in [6.45, 7) is -2.91. The maximum absolute atomic E-state index is 12.6. The van der Waals surface area contributed by atoms with E-state index in [1.165, 1.54) is 24.3 Å². The number of hydrogen-bond acceptors (Lipinski definition) is 3. The van der Waals surface area contributed by atoms with Crippen molar-refractivity contribution in [2.24, 2.45) is 23.7 Å². The molecule has 1 amide bonds. The highest BCUT2D eigenvalue weighted by Gasteiger charge is 2.48. The minimum Gasteiger partial charge on any atom is -0.481 e. The summed E-state index contributed by atoms with van der Waals surface area (Å²) >= 11 is 0. The Kier molecular flexibility index (Phi) is 4.51. The molecule has 5 nitrogen and oxygen atoms in total. The Hall–Kier alpha value is -2.44. The van der Waals surface area contributed by atoms with E-state index in [0.29, 0.717) is 5.69 Å². The molecule has 0 spiro atoms. The Labute approximate surface area is 137 Å². The molecule has 24 heavy (non-hydrogen) atoms. The monoisotopic (exact) mass is 337 g/mol. The fraction of sp³-hybridized carbons (Fsp3) is 0.412. The Morgan fingerprint density at radius 1 is 1.08 bits per heavy atom. The normalized spacial score (nSPS) is 28.0. The fourth-order valence-corrected chi connectivity index (χ4v) is 3.63. The molecule has 0 unspecified atom stereocenters. The van der Waals surface area contributed by atoms with Crippen LogP contribution in [0.5, 0.6) is 5.75 Å². The minimum atomic E-state index is -2.91. The number of hydrogen-bond donors (Lipinski definition) is 2. The van der Waals surface area contributed by atoms with Gasteiger partial charge in [0, 0.05) is 5.69 Å². The molecule has 1 aromatic carbocycles. The lowest BCUT2D eigenvalue weighted by atomic mass is 9.62. The van der Waals surface area contributed by atoms with Crippen LogP contribution in [0.1, 0.15) is 12.8 Å². The maximum atomic E-state index is 12.6. The highest BCUT2D eigenvalue weighted by Crippen LogP contribution is 2.45. The molecule has 0 aromatic heterocycles. The van der Waals surface area contributed by atoms with Crippen LogP contribution in [0, 0.1) is 23.7 Å². The lowest BCUT2D eigenvalue weighted by Crippen LogP contribution is -2.47. The van der Waals surface area contributed by atoms with E-state index in [1.807, 2.05) is 12.2 Å². The highest BCUT2D eigenvalue weighted by atomic mass is 19.3. The van der Waals surface area contributed by atoms with Crippen molar-refractivity contribution in [2.75, 3.05) is 5.32 Å². The molecular weight excluding hydrogens is 320 g/mol. The van der Waals surface area contributed by atoms with E-state index >= 15 is 0 Å². The van der Waals surface area contributed by atoms with Gasteiger partial charge in [0.25, 0.3) is 0 Å². The highest BCUT2D eigenvalue weighted by molar-refractivity contribution is 5.96. The Balaban J connectivity index is 1.72. The molecule has 1 fully saturated rings. The lowest BCUT2D eigenvalue weighted by Gasteiger charge is -2.41. The quantitative estimate of drug-likeness (QED) is 0.810. The molecule has 0 saturated heterocycles. The Morgan fingerprint density at radius 2 is 1.67 bits per heavy atom. The number of ether oxygens (including phenoxy) is 1. The molecule has 1 aromatic rings. The third kappa shape index (κ3) is 3.25. The van der Waals surface area contributed by atoms with Gasteiger partial charge in [0.1, 0.15) is 5.75 Å². The van der Waals surface area contributed by atoms with Crippen LogP contribution >= 0.6 is 0 Å². The average Bonchev–Trinajstić information content (AvgIpc) is 2.56. The summed E-state index contributed by atoms with van der Waals surface area (Å²) in [7, 11) is 0. The first-order chi connectivity index (χ1) is 11.5. The second kappa shape index (κ2) is 6.59. The van der Waals surface area contributed by atoms with Crippen molar-refractivity contribution in [3.8, 4) is 5.75 Å². The first-order valence-corrected chi connectivity index (χ1v) is 7.72. The number of aliphatic carboxylic acids is 1. The van der Waals surface area contributed by atoms with Crippen molar-refractivity contribution in [2.45, 2.75) is 19.5 Å². The van der Waals surface area contributed by atoms with Crippen LogP contribution in [0.4, 0.5) is 14.5 Å². The molecule has 1 saturated carbocycles. The van der Waals surface area contributed by atoms with Crippen LogP contribution in [0.3, 0.4) is 0 Å². The number of anilines is 1. The van der Waals surface area contributed by atoms with Crippen LogP contribution in [-0.2, 0) is 9.59 Å². The van der Waals surface area contributed by atoms with Crippen LogP contribution in [0.15, 0.2) is 36.4 Å². The van der Waals surface area contributed by atoms with Crippen molar-refractivity contribution in [1.29, 1.82) is 0 Å². The Bertz CT molecular complexity index is 659. The standard InChI is InChI=1S/C17H17F2NO4/c18-17(19)24-12-7-5-11(6-8-12)20-15(21)13-9-1-3-10(4-2-9)14(13)16(22)23/h1,3,5-10,13-14,17H,2,4H2,(H,20,21)(H,22,23)/t9-,10-,13+,14+/m0/s1. The van der Waals surface area contributed by atoms with E-state index in [4.69, 9.17) is 0 Å². The zero-order valence-electron chi connectivity index (χ0n) is 12.7. The summed E-state index contributed by atoms with van der Waals surface area (Å²) in [6.07, 6.45) is 5.40. The molecule has 3 aliphatic rings. The molecule has 0 aliphatic heterocycles. The van der Waals surface area contributed by atoms with Crippen molar-refractivity contribution < 1.29 is 28.2 Å². The van der Waals surface area contributed by atoms with Gasteiger partial charge in [-0.05, 0) is 48.9 Å². The molecule has 4 rings (SSSR count). The van der Waals surface area contributed by atoms with Crippen molar-refractivity contribution in [3.63, 3.8) is 0 Å². The van der Waals surface area contributed by atoms with Crippen LogP contribution in [-0.4, -0.2) is 23.6 Å². The van der Waals surface area contributed by atoms with E-state index in [9.17, 15) is 23.5 Å². The third-order valence-electron chi connectivity index (χ3n) is 4.68. The second-order valence-corrected chi connectivity index (χ2v) is 6.07. The Morgan fingerprint density at radius 3 is 2.17 bits per heavy atom. The minimum absolute atomic E-state index is 0.00827. The summed E-state index contributed by atoms with van der Waals surface area (Å²) < 4.78 is 28.5. The fourth-order valence-electron chi connectivity index (χ4n) is 3.63. The number of benzene rings is 1. The van der Waals surface area contributed by atoms with Crippen molar-refractivity contribution in [1.82, 2.24) is 0 Å². The number of halogens is 2. The summed E-state index contributed by atoms with van der Waals surface area (Å²) in [6, 6.07) is 5.54. The van der Waals surface area contributed by atoms with Gasteiger partial charge in [-0.1, -0.05) is 12.2 Å². The summed E-state index contributed by atoms with van der Waals surface area (Å²) in [5.41, 5.74) is 0.413. The first-order valence-electron chi connectivity index (χ1n) is 7.72. The summed E-state index contributed by atoms with van der Waals surface area (Å²) in [5.74, 6) is -2.88. The topological polar surface area (TPSA) is 75.6 Å². The zero-order chi connectivity index (χ0) is 17.3. The van der Waals surface area contributed by atoms with Gasteiger partial charge in [0.2, 0.25) is 5.91 Å². The number of alkyl halides is 2. The molecule has 128 valence electrons. The largest absolute Gasteiger partial charge is 0.481 e. The number of carboxylic acids is 1. The maximum Gasteiger partial charge on any atom is 0.387 e. The summed E-state index contributed by atoms with van der Waals surface area (Å²) in [5, 5.41) is 12.1. The van der Waals surface area contributed by atoms with Crippen molar-refractivity contribution in [3.05, 3.63) is 36.4 Å². The number of amides is 1. The average molecular weight is 337 g/mol. The predicted octanol–water partition coefficient (Wildman–Crippen LogP) is 3.14. The molecule has 0 heterocycles. The van der Waals surface area contributed by atoms with E-state index in [1.54, 1.807) is 0 Å². The number of carboxylic acid groups (broad SMARTS) is 1. The van der Waals surface area contributed by atoms with E-state index < -0.39 is 24.4 Å². The van der Waals surface area contributed by atoms with Gasteiger partial charge in [-0.2, -0.15) is 8.78 Å². The molecule has 4 atom stereocenters. The van der Waals surface area contributed by atoms with Gasteiger partial charge in [-0.15, -0.1) is 0 Å². The lowest BCUT2D eigenvalue weighted by molar-refractivity contribution is -0.151. The molecule has 2 N–H and O–H groups in total. The number of carbonyl (C=O) groups excluding carboxylic acids is 1. The zero-order valence-corrected chi connectivity index (χ0v) is 12.7. The van der Waals surface area contributed by atoms with Crippen LogP contribution in [0.25, 0.3) is 0 Å². The van der Waals surface area contributed by atoms with Gasteiger partial charge in [0.05, 0.1) is 11.8 Å². The van der Waals surface area contributed by atoms with E-state index in [2.05, 4.69) is 10.1 Å². The van der Waals surface area contributed by atoms with Crippen LogP contribution in [0.2, 0.25) is 0 Å². The molecule has 3 aliphatic carbocycles. The van der Waals surface area contributed by atoms with Gasteiger partial charge in [-0.25, -0.2) is 0 Å². The number of allylic oxidation sites excluding steroid dienone is 2. The van der Waals surface area contributed by atoms with Gasteiger partial charge >= 0.3 is 12.6 Å². The number of carbonyl (C=O) groups is 2. The van der Waals surface area contributed by atoms with E-state index in [-0.39, 0.29) is 23.5 Å². The van der Waals surface area contributed by atoms with E-state index in [0.717, 1.165) is 12.8 Å². The number of fused-ring (bicyclic) bond motifs is 2. The molecular formula is C17H17F2NO4. The number of rotatable bonds is 5. The van der Waals surface area contributed by atoms with Crippen molar-refractivity contribution >= 4 is 17.6 Å². The van der Waals surface area contributed by atoms with Gasteiger partial charge in [-0.3, -0.25) is 9.59 Å². The third-order valence-corrected chi connectivity index (χ3v) is 4.68. The molecule has 2 bridgehead atoms.